The van der Waals surface area contributed by atoms with E-state index in [9.17, 15) is 5.11 Å². The van der Waals surface area contributed by atoms with Crippen LogP contribution < -0.4 is 0 Å². The fourth-order valence-electron chi connectivity index (χ4n) is 1.83. The third-order valence-corrected chi connectivity index (χ3v) is 2.95. The Kier molecular flexibility index (Phi) is 2.78. The quantitative estimate of drug-likeness (QED) is 0.799. The van der Waals surface area contributed by atoms with E-state index in [1.54, 1.807) is 12.3 Å². The molecule has 2 nitrogen and oxygen atoms in total. The van der Waals surface area contributed by atoms with E-state index in [2.05, 4.69) is 12.1 Å². The summed E-state index contributed by atoms with van der Waals surface area (Å²) in [6.45, 7) is 2.41. The molecule has 0 aliphatic carbocycles. The molecule has 1 aromatic rings. The molecule has 0 saturated carbocycles. The lowest BCUT2D eigenvalue weighted by Gasteiger charge is -2.32. The lowest BCUT2D eigenvalue weighted by atomic mass is 9.84. The molecule has 0 aromatic heterocycles. The van der Waals surface area contributed by atoms with Crippen LogP contribution in [-0.2, 0) is 11.2 Å². The van der Waals surface area contributed by atoms with Crippen molar-refractivity contribution in [1.29, 1.82) is 0 Å². The summed E-state index contributed by atoms with van der Waals surface area (Å²) >= 11 is 0. The van der Waals surface area contributed by atoms with Crippen molar-refractivity contribution >= 4 is 0 Å². The molecule has 2 heteroatoms. The molecular formula is C13H16O2. The molecule has 1 N–H and O–H groups in total. The molecule has 0 bridgehead atoms. The van der Waals surface area contributed by atoms with Crippen molar-refractivity contribution in [2.75, 3.05) is 6.61 Å². The van der Waals surface area contributed by atoms with Crippen LogP contribution in [0, 0.1) is 5.92 Å². The molecule has 0 spiro atoms. The summed E-state index contributed by atoms with van der Waals surface area (Å²) < 4.78 is 5.25. The molecule has 1 aliphatic rings. The van der Waals surface area contributed by atoms with Crippen LogP contribution >= 0.6 is 0 Å². The zero-order chi connectivity index (χ0) is 10.7. The van der Waals surface area contributed by atoms with Crippen LogP contribution in [0.1, 0.15) is 12.5 Å². The Labute approximate surface area is 90.2 Å². The second-order valence-electron chi connectivity index (χ2n) is 4.25. The molecule has 1 heterocycles. The highest BCUT2D eigenvalue weighted by Crippen LogP contribution is 2.26. The van der Waals surface area contributed by atoms with Crippen LogP contribution in [0.4, 0.5) is 0 Å². The largest absolute Gasteiger partial charge is 0.501 e. The predicted molar refractivity (Wildman–Crippen MR) is 59.4 cm³/mol. The summed E-state index contributed by atoms with van der Waals surface area (Å²) in [6, 6.07) is 10.2. The van der Waals surface area contributed by atoms with Gasteiger partial charge in [-0.25, -0.2) is 0 Å². The second kappa shape index (κ2) is 4.07. The maximum Gasteiger partial charge on any atom is 0.0935 e. The Balaban J connectivity index is 2.09. The average Bonchev–Trinajstić information content (AvgIpc) is 2.23. The summed E-state index contributed by atoms with van der Waals surface area (Å²) in [7, 11) is 0. The Bertz CT molecular complexity index is 341. The SMILES string of the molecule is CC1(O)C=COCC1Cc1ccccc1. The molecule has 15 heavy (non-hydrogen) atoms. The Morgan fingerprint density at radius 1 is 1.40 bits per heavy atom. The maximum absolute atomic E-state index is 10.1. The van der Waals surface area contributed by atoms with E-state index in [0.29, 0.717) is 6.61 Å². The first-order valence-corrected chi connectivity index (χ1v) is 5.24. The number of benzene rings is 1. The van der Waals surface area contributed by atoms with Gasteiger partial charge in [0.2, 0.25) is 0 Å². The molecule has 0 saturated heterocycles. The molecule has 0 radical (unpaired) electrons. The van der Waals surface area contributed by atoms with Crippen molar-refractivity contribution < 1.29 is 9.84 Å². The van der Waals surface area contributed by atoms with Gasteiger partial charge in [0.25, 0.3) is 0 Å². The fourth-order valence-corrected chi connectivity index (χ4v) is 1.83. The summed E-state index contributed by atoms with van der Waals surface area (Å²) in [5.41, 5.74) is 0.482. The van der Waals surface area contributed by atoms with Gasteiger partial charge in [0.05, 0.1) is 18.5 Å². The number of aliphatic hydroxyl groups is 1. The van der Waals surface area contributed by atoms with Gasteiger partial charge in [0.1, 0.15) is 0 Å². The van der Waals surface area contributed by atoms with Crippen LogP contribution in [-0.4, -0.2) is 17.3 Å². The standard InChI is InChI=1S/C13H16O2/c1-13(14)7-8-15-10-12(13)9-11-5-3-2-4-6-11/h2-8,12,14H,9-10H2,1H3. The lowest BCUT2D eigenvalue weighted by Crippen LogP contribution is -2.39. The average molecular weight is 204 g/mol. The van der Waals surface area contributed by atoms with Gasteiger partial charge in [0.15, 0.2) is 0 Å². The zero-order valence-electron chi connectivity index (χ0n) is 8.89. The first-order valence-electron chi connectivity index (χ1n) is 5.24. The topological polar surface area (TPSA) is 29.5 Å². The molecular weight excluding hydrogens is 188 g/mol. The minimum Gasteiger partial charge on any atom is -0.501 e. The molecule has 0 fully saturated rings. The summed E-state index contributed by atoms with van der Waals surface area (Å²) in [4.78, 5) is 0. The maximum atomic E-state index is 10.1. The van der Waals surface area contributed by atoms with Crippen molar-refractivity contribution in [3.63, 3.8) is 0 Å². The van der Waals surface area contributed by atoms with Crippen LogP contribution in [0.5, 0.6) is 0 Å². The molecule has 2 rings (SSSR count). The van der Waals surface area contributed by atoms with Gasteiger partial charge in [-0.2, -0.15) is 0 Å². The number of ether oxygens (including phenoxy) is 1. The third-order valence-electron chi connectivity index (χ3n) is 2.95. The molecule has 1 aromatic carbocycles. The summed E-state index contributed by atoms with van der Waals surface area (Å²) in [5, 5.41) is 10.1. The minimum atomic E-state index is -0.756. The van der Waals surface area contributed by atoms with Crippen LogP contribution in [0.3, 0.4) is 0 Å². The molecule has 2 atom stereocenters. The molecule has 80 valence electrons. The first kappa shape index (κ1) is 10.2. The third kappa shape index (κ3) is 2.39. The normalized spacial score (nSPS) is 29.9. The van der Waals surface area contributed by atoms with Gasteiger partial charge in [-0.3, -0.25) is 0 Å². The number of hydrogen-bond donors (Lipinski definition) is 1. The van der Waals surface area contributed by atoms with Gasteiger partial charge in [0, 0.05) is 5.92 Å². The first-order chi connectivity index (χ1) is 7.18. The van der Waals surface area contributed by atoms with Crippen molar-refractivity contribution in [3.8, 4) is 0 Å². The molecule has 0 amide bonds. The highest BCUT2D eigenvalue weighted by atomic mass is 16.5. The molecule has 1 aliphatic heterocycles. The van der Waals surface area contributed by atoms with Gasteiger partial charge in [-0.05, 0) is 25.0 Å². The van der Waals surface area contributed by atoms with Gasteiger partial charge in [-0.1, -0.05) is 30.3 Å². The van der Waals surface area contributed by atoms with E-state index in [1.807, 2.05) is 25.1 Å². The van der Waals surface area contributed by atoms with E-state index in [-0.39, 0.29) is 5.92 Å². The highest BCUT2D eigenvalue weighted by molar-refractivity contribution is 5.17. The fraction of sp³-hybridized carbons (Fsp3) is 0.385. The van der Waals surface area contributed by atoms with Crippen molar-refractivity contribution in [2.45, 2.75) is 18.9 Å². The van der Waals surface area contributed by atoms with E-state index in [4.69, 9.17) is 4.74 Å². The van der Waals surface area contributed by atoms with Crippen molar-refractivity contribution in [3.05, 3.63) is 48.2 Å². The Morgan fingerprint density at radius 3 is 2.80 bits per heavy atom. The predicted octanol–water partition coefficient (Wildman–Crippen LogP) is 2.14. The van der Waals surface area contributed by atoms with E-state index < -0.39 is 5.60 Å². The Hall–Kier alpha value is -1.28. The zero-order valence-corrected chi connectivity index (χ0v) is 8.89. The Morgan fingerprint density at radius 2 is 2.13 bits per heavy atom. The second-order valence-corrected chi connectivity index (χ2v) is 4.25. The van der Waals surface area contributed by atoms with Crippen LogP contribution in [0.2, 0.25) is 0 Å². The number of hydrogen-bond acceptors (Lipinski definition) is 2. The van der Waals surface area contributed by atoms with Crippen molar-refractivity contribution in [1.82, 2.24) is 0 Å². The highest BCUT2D eigenvalue weighted by Gasteiger charge is 2.32. The number of rotatable bonds is 2. The van der Waals surface area contributed by atoms with Crippen LogP contribution in [0.15, 0.2) is 42.7 Å². The van der Waals surface area contributed by atoms with Gasteiger partial charge in [-0.15, -0.1) is 0 Å². The van der Waals surface area contributed by atoms with Gasteiger partial charge < -0.3 is 9.84 Å². The summed E-state index contributed by atoms with van der Waals surface area (Å²) in [5.74, 6) is 0.130. The van der Waals surface area contributed by atoms with E-state index in [0.717, 1.165) is 6.42 Å². The molecule has 2 unspecified atom stereocenters. The summed E-state index contributed by atoms with van der Waals surface area (Å²) in [6.07, 6.45) is 4.16. The van der Waals surface area contributed by atoms with E-state index in [1.165, 1.54) is 5.56 Å². The van der Waals surface area contributed by atoms with E-state index >= 15 is 0 Å². The minimum absolute atomic E-state index is 0.130. The van der Waals surface area contributed by atoms with Gasteiger partial charge >= 0.3 is 0 Å². The monoisotopic (exact) mass is 204 g/mol. The lowest BCUT2D eigenvalue weighted by molar-refractivity contribution is -0.00712. The smallest absolute Gasteiger partial charge is 0.0935 e. The van der Waals surface area contributed by atoms with Crippen molar-refractivity contribution in [2.24, 2.45) is 5.92 Å². The van der Waals surface area contributed by atoms with Crippen LogP contribution in [0.25, 0.3) is 0 Å².